The molecule has 3 N–H and O–H groups in total. The third-order valence-electron chi connectivity index (χ3n) is 3.72. The van der Waals surface area contributed by atoms with E-state index < -0.39 is 33.7 Å². The number of aromatic nitrogens is 1. The highest BCUT2D eigenvalue weighted by Gasteiger charge is 2.33. The molecule has 2 aromatic rings. The Balaban J connectivity index is 2.67. The number of hydrogen-bond acceptors (Lipinski definition) is 6. The van der Waals surface area contributed by atoms with Crippen LogP contribution >= 0.6 is 15.9 Å². The molecule has 0 amide bonds. The van der Waals surface area contributed by atoms with Crippen molar-refractivity contribution >= 4 is 44.2 Å². The molecule has 2 heterocycles. The van der Waals surface area contributed by atoms with Crippen LogP contribution in [0.1, 0.15) is 23.3 Å². The van der Waals surface area contributed by atoms with E-state index in [-0.39, 0.29) is 33.4 Å². The summed E-state index contributed by atoms with van der Waals surface area (Å²) < 4.78 is 6.92. The summed E-state index contributed by atoms with van der Waals surface area (Å²) >= 11 is 3.15. The molecule has 0 bridgehead atoms. The molecule has 1 aromatic heterocycles. The van der Waals surface area contributed by atoms with Crippen LogP contribution in [0.3, 0.4) is 0 Å². The first-order valence-electron chi connectivity index (χ1n) is 6.46. The smallest absolute Gasteiger partial charge is 0.341 e. The molecule has 0 saturated carbocycles. The molecular formula is C13H10BrN3O6. The number of nitrogen functional groups attached to an aromatic ring is 1. The lowest BCUT2D eigenvalue weighted by Gasteiger charge is -2.27. The Morgan fingerprint density at radius 3 is 2.83 bits per heavy atom. The van der Waals surface area contributed by atoms with Gasteiger partial charge in [0.15, 0.2) is 5.75 Å². The van der Waals surface area contributed by atoms with E-state index in [1.807, 2.05) is 0 Å². The fraction of sp³-hybridized carbons (Fsp3) is 0.231. The lowest BCUT2D eigenvalue weighted by molar-refractivity contribution is -0.382. The van der Waals surface area contributed by atoms with Gasteiger partial charge in [0.1, 0.15) is 23.4 Å². The van der Waals surface area contributed by atoms with E-state index in [2.05, 4.69) is 15.9 Å². The minimum absolute atomic E-state index is 0.0470. The van der Waals surface area contributed by atoms with Gasteiger partial charge < -0.3 is 15.6 Å². The van der Waals surface area contributed by atoms with Gasteiger partial charge in [-0.2, -0.15) is 0 Å². The molecule has 10 heteroatoms. The molecule has 0 aliphatic carbocycles. The maximum Gasteiger partial charge on any atom is 0.341 e. The van der Waals surface area contributed by atoms with Crippen molar-refractivity contribution in [1.82, 2.24) is 4.57 Å². The molecular weight excluding hydrogens is 374 g/mol. The van der Waals surface area contributed by atoms with Gasteiger partial charge in [-0.3, -0.25) is 19.5 Å². The topological polar surface area (TPSA) is 138 Å². The number of nitro groups is 1. The Morgan fingerprint density at radius 2 is 2.26 bits per heavy atom. The van der Waals surface area contributed by atoms with Crippen LogP contribution < -0.4 is 16.0 Å². The van der Waals surface area contributed by atoms with Crippen LogP contribution in [0, 0.1) is 10.1 Å². The summed E-state index contributed by atoms with van der Waals surface area (Å²) in [5, 5.41) is 20.6. The largest absolute Gasteiger partial charge is 0.488 e. The fourth-order valence-corrected chi connectivity index (χ4v) is 3.19. The van der Waals surface area contributed by atoms with Crippen molar-refractivity contribution in [3.63, 3.8) is 0 Å². The number of aromatic carboxylic acids is 1. The number of nitro benzene ring substituents is 1. The second-order valence-electron chi connectivity index (χ2n) is 5.12. The summed E-state index contributed by atoms with van der Waals surface area (Å²) in [4.78, 5) is 34.4. The lowest BCUT2D eigenvalue weighted by atomic mass is 10.1. The first kappa shape index (κ1) is 15.3. The Hall–Kier alpha value is -2.62. The van der Waals surface area contributed by atoms with E-state index in [9.17, 15) is 24.8 Å². The number of halogens is 1. The highest BCUT2D eigenvalue weighted by atomic mass is 79.9. The molecule has 1 aliphatic rings. The monoisotopic (exact) mass is 383 g/mol. The van der Waals surface area contributed by atoms with Crippen LogP contribution in [0.2, 0.25) is 0 Å². The van der Waals surface area contributed by atoms with E-state index in [1.165, 1.54) is 4.57 Å². The maximum absolute atomic E-state index is 12.4. The average molecular weight is 384 g/mol. The number of ether oxygens (including phenoxy) is 1. The molecule has 23 heavy (non-hydrogen) atoms. The maximum atomic E-state index is 12.4. The van der Waals surface area contributed by atoms with Crippen LogP contribution in [0.15, 0.2) is 15.3 Å². The molecule has 1 atom stereocenters. The summed E-state index contributed by atoms with van der Waals surface area (Å²) in [6.45, 7) is 1.77. The van der Waals surface area contributed by atoms with E-state index >= 15 is 0 Å². The van der Waals surface area contributed by atoms with Crippen LogP contribution in [-0.4, -0.2) is 27.2 Å². The minimum Gasteiger partial charge on any atom is -0.488 e. The highest BCUT2D eigenvalue weighted by molar-refractivity contribution is 9.10. The molecule has 0 saturated heterocycles. The zero-order valence-corrected chi connectivity index (χ0v) is 13.3. The van der Waals surface area contributed by atoms with E-state index in [0.29, 0.717) is 0 Å². The summed E-state index contributed by atoms with van der Waals surface area (Å²) in [6, 6.07) is 0.495. The Morgan fingerprint density at radius 1 is 1.61 bits per heavy atom. The number of benzene rings is 1. The van der Waals surface area contributed by atoms with Crippen molar-refractivity contribution in [2.75, 3.05) is 12.3 Å². The number of carboxylic acid groups (broad SMARTS) is 1. The second kappa shape index (κ2) is 4.95. The molecule has 1 aromatic carbocycles. The number of nitrogens with two attached hydrogens (primary N) is 1. The van der Waals surface area contributed by atoms with Crippen molar-refractivity contribution in [3.8, 4) is 5.75 Å². The van der Waals surface area contributed by atoms with Gasteiger partial charge in [-0.05, 0) is 28.9 Å². The fourth-order valence-electron chi connectivity index (χ4n) is 2.70. The van der Waals surface area contributed by atoms with E-state index in [4.69, 9.17) is 10.5 Å². The number of carboxylic acids is 1. The number of carbonyl (C=O) groups is 1. The molecule has 0 unspecified atom stereocenters. The molecule has 120 valence electrons. The molecule has 3 rings (SSSR count). The van der Waals surface area contributed by atoms with Crippen molar-refractivity contribution in [3.05, 3.63) is 36.6 Å². The molecule has 0 spiro atoms. The molecule has 0 radical (unpaired) electrons. The number of anilines is 1. The number of rotatable bonds is 2. The number of hydrogen-bond donors (Lipinski definition) is 2. The average Bonchev–Trinajstić information content (AvgIpc) is 2.47. The third-order valence-corrected chi connectivity index (χ3v) is 4.50. The standard InChI is InChI=1S/C13H10BrN3O6/c1-4-3-23-11-7(14)8(15)9(17(21)22)5-2-6(13(19)20)12(18)16(4)10(5)11/h2,4H,3,15H2,1H3,(H,19,20)/t4-/m0/s1. The molecule has 0 fully saturated rings. The van der Waals surface area contributed by atoms with Gasteiger partial charge in [0.2, 0.25) is 0 Å². The number of nitrogens with zero attached hydrogens (tertiary/aromatic N) is 2. The number of pyridine rings is 1. The van der Waals surface area contributed by atoms with E-state index in [1.54, 1.807) is 6.92 Å². The van der Waals surface area contributed by atoms with Crippen molar-refractivity contribution in [2.45, 2.75) is 13.0 Å². The zero-order valence-electron chi connectivity index (χ0n) is 11.7. The van der Waals surface area contributed by atoms with Gasteiger partial charge in [0, 0.05) is 0 Å². The minimum atomic E-state index is -1.46. The highest BCUT2D eigenvalue weighted by Crippen LogP contribution is 2.47. The first-order valence-corrected chi connectivity index (χ1v) is 7.25. The van der Waals surface area contributed by atoms with Crippen molar-refractivity contribution in [2.24, 2.45) is 0 Å². The van der Waals surface area contributed by atoms with Gasteiger partial charge in [-0.15, -0.1) is 0 Å². The predicted molar refractivity (Wildman–Crippen MR) is 84.1 cm³/mol. The summed E-state index contributed by atoms with van der Waals surface area (Å²) in [7, 11) is 0. The SMILES string of the molecule is C[C@H]1COc2c(Br)c(N)c([N+](=O)[O-])c3cc(C(=O)O)c(=O)n1c23. The zero-order chi connectivity index (χ0) is 17.0. The predicted octanol–water partition coefficient (Wildman–Crippen LogP) is 1.91. The summed E-state index contributed by atoms with van der Waals surface area (Å²) in [5.41, 5.74) is 4.00. The van der Waals surface area contributed by atoms with Gasteiger partial charge in [0.05, 0.1) is 20.8 Å². The Labute approximate surface area is 136 Å². The van der Waals surface area contributed by atoms with Gasteiger partial charge in [-0.1, -0.05) is 0 Å². The van der Waals surface area contributed by atoms with Gasteiger partial charge in [-0.25, -0.2) is 4.79 Å². The second-order valence-corrected chi connectivity index (χ2v) is 5.92. The first-order chi connectivity index (χ1) is 10.8. The molecule has 9 nitrogen and oxygen atoms in total. The molecule has 1 aliphatic heterocycles. The Bertz CT molecular complexity index is 951. The van der Waals surface area contributed by atoms with Gasteiger partial charge >= 0.3 is 11.7 Å². The van der Waals surface area contributed by atoms with Crippen LogP contribution in [0.25, 0.3) is 10.9 Å². The summed E-state index contributed by atoms with van der Waals surface area (Å²) in [5.74, 6) is -1.27. The lowest BCUT2D eigenvalue weighted by Crippen LogP contribution is -2.34. The van der Waals surface area contributed by atoms with Gasteiger partial charge in [0.25, 0.3) is 5.56 Å². The summed E-state index contributed by atoms with van der Waals surface area (Å²) in [6.07, 6.45) is 0. The quantitative estimate of drug-likeness (QED) is 0.458. The normalized spacial score (nSPS) is 16.2. The van der Waals surface area contributed by atoms with Crippen LogP contribution in [0.5, 0.6) is 5.75 Å². The van der Waals surface area contributed by atoms with E-state index in [0.717, 1.165) is 6.07 Å². The van der Waals surface area contributed by atoms with Crippen molar-refractivity contribution < 1.29 is 19.6 Å². The third kappa shape index (κ3) is 1.98. The van der Waals surface area contributed by atoms with Crippen LogP contribution in [-0.2, 0) is 0 Å². The van der Waals surface area contributed by atoms with Crippen LogP contribution in [0.4, 0.5) is 11.4 Å². The Kier molecular flexibility index (Phi) is 3.29. The van der Waals surface area contributed by atoms with Crippen molar-refractivity contribution in [1.29, 1.82) is 0 Å².